The third-order valence-electron chi connectivity index (χ3n) is 2.67. The van der Waals surface area contributed by atoms with Crippen LogP contribution in [0.5, 0.6) is 5.75 Å². The van der Waals surface area contributed by atoms with Gasteiger partial charge in [0.15, 0.2) is 0 Å². The highest BCUT2D eigenvalue weighted by Crippen LogP contribution is 2.32. The number of hydrogen-bond donors (Lipinski definition) is 0. The van der Waals surface area contributed by atoms with Crippen molar-refractivity contribution in [3.63, 3.8) is 0 Å². The van der Waals surface area contributed by atoms with Crippen molar-refractivity contribution in [2.45, 2.75) is 19.8 Å². The van der Waals surface area contributed by atoms with Gasteiger partial charge in [-0.05, 0) is 40.2 Å². The SMILES string of the molecule is COc1ccc(Cl)cc1-c1cc(Br)nc(C(C)C)n1. The maximum absolute atomic E-state index is 6.06. The van der Waals surface area contributed by atoms with E-state index in [-0.39, 0.29) is 5.92 Å². The molecule has 2 aromatic rings. The van der Waals surface area contributed by atoms with Crippen molar-refractivity contribution in [2.75, 3.05) is 7.11 Å². The summed E-state index contributed by atoms with van der Waals surface area (Å²) in [4.78, 5) is 8.94. The summed E-state index contributed by atoms with van der Waals surface area (Å²) in [5.74, 6) is 1.78. The second-order valence-corrected chi connectivity index (χ2v) is 5.68. The fourth-order valence-corrected chi connectivity index (χ4v) is 2.28. The Hall–Kier alpha value is -1.13. The third kappa shape index (κ3) is 3.25. The molecule has 0 unspecified atom stereocenters. The topological polar surface area (TPSA) is 35.0 Å². The number of hydrogen-bond acceptors (Lipinski definition) is 3. The molecule has 0 amide bonds. The van der Waals surface area contributed by atoms with Gasteiger partial charge < -0.3 is 4.74 Å². The molecule has 0 aliphatic heterocycles. The predicted molar refractivity (Wildman–Crippen MR) is 80.8 cm³/mol. The molecule has 3 nitrogen and oxygen atoms in total. The molecule has 0 saturated heterocycles. The molecular weight excluding hydrogens is 328 g/mol. The fourth-order valence-electron chi connectivity index (χ4n) is 1.71. The molecule has 1 aromatic carbocycles. The third-order valence-corrected chi connectivity index (χ3v) is 3.31. The first-order valence-electron chi connectivity index (χ1n) is 5.89. The van der Waals surface area contributed by atoms with Crippen LogP contribution in [-0.4, -0.2) is 17.1 Å². The van der Waals surface area contributed by atoms with E-state index in [2.05, 4.69) is 39.7 Å². The normalized spacial score (nSPS) is 10.8. The Kier molecular flexibility index (Phi) is 4.42. The minimum absolute atomic E-state index is 0.251. The van der Waals surface area contributed by atoms with Crippen molar-refractivity contribution in [1.29, 1.82) is 0 Å². The van der Waals surface area contributed by atoms with E-state index >= 15 is 0 Å². The number of rotatable bonds is 3. The molecule has 0 atom stereocenters. The van der Waals surface area contributed by atoms with Crippen LogP contribution in [-0.2, 0) is 0 Å². The van der Waals surface area contributed by atoms with Crippen LogP contribution in [0.25, 0.3) is 11.3 Å². The highest BCUT2D eigenvalue weighted by Gasteiger charge is 2.12. The molecule has 19 heavy (non-hydrogen) atoms. The van der Waals surface area contributed by atoms with E-state index in [4.69, 9.17) is 16.3 Å². The van der Waals surface area contributed by atoms with Crippen LogP contribution in [0, 0.1) is 0 Å². The van der Waals surface area contributed by atoms with Crippen molar-refractivity contribution in [3.8, 4) is 17.0 Å². The summed E-state index contributed by atoms with van der Waals surface area (Å²) in [6, 6.07) is 7.34. The first-order valence-corrected chi connectivity index (χ1v) is 7.06. The van der Waals surface area contributed by atoms with Gasteiger partial charge in [-0.3, -0.25) is 0 Å². The minimum atomic E-state index is 0.251. The lowest BCUT2D eigenvalue weighted by Gasteiger charge is -2.11. The van der Waals surface area contributed by atoms with Gasteiger partial charge in [-0.1, -0.05) is 25.4 Å². The zero-order valence-corrected chi connectivity index (χ0v) is 13.3. The molecule has 2 rings (SSSR count). The average Bonchev–Trinajstić information content (AvgIpc) is 2.37. The second kappa shape index (κ2) is 5.88. The molecule has 100 valence electrons. The summed E-state index contributed by atoms with van der Waals surface area (Å²) in [5.41, 5.74) is 1.66. The van der Waals surface area contributed by atoms with E-state index < -0.39 is 0 Å². The van der Waals surface area contributed by atoms with Crippen molar-refractivity contribution in [1.82, 2.24) is 9.97 Å². The van der Waals surface area contributed by atoms with E-state index in [0.717, 1.165) is 27.4 Å². The van der Waals surface area contributed by atoms with Crippen LogP contribution >= 0.6 is 27.5 Å². The standard InChI is InChI=1S/C14H14BrClN2O/c1-8(2)14-17-11(7-13(15)18-14)10-6-9(16)4-5-12(10)19-3/h4-8H,1-3H3. The second-order valence-electron chi connectivity index (χ2n) is 4.43. The Labute approximate surface area is 126 Å². The van der Waals surface area contributed by atoms with E-state index in [9.17, 15) is 0 Å². The molecule has 0 N–H and O–H groups in total. The first kappa shape index (κ1) is 14.3. The molecule has 0 aliphatic rings. The van der Waals surface area contributed by atoms with Gasteiger partial charge >= 0.3 is 0 Å². The van der Waals surface area contributed by atoms with Gasteiger partial charge in [0.25, 0.3) is 0 Å². The Morgan fingerprint density at radius 2 is 1.95 bits per heavy atom. The van der Waals surface area contributed by atoms with Crippen molar-refractivity contribution in [2.24, 2.45) is 0 Å². The largest absolute Gasteiger partial charge is 0.496 e. The summed E-state index contributed by atoms with van der Waals surface area (Å²) < 4.78 is 6.11. The Balaban J connectivity index is 2.61. The Morgan fingerprint density at radius 1 is 1.21 bits per heavy atom. The number of nitrogens with zero attached hydrogens (tertiary/aromatic N) is 2. The summed E-state index contributed by atoms with van der Waals surface area (Å²) in [6.45, 7) is 4.11. The van der Waals surface area contributed by atoms with Crippen molar-refractivity contribution < 1.29 is 4.74 Å². The van der Waals surface area contributed by atoms with E-state index in [0.29, 0.717) is 5.02 Å². The minimum Gasteiger partial charge on any atom is -0.496 e. The quantitative estimate of drug-likeness (QED) is 0.760. The van der Waals surface area contributed by atoms with Crippen molar-refractivity contribution in [3.05, 3.63) is 39.7 Å². The molecule has 0 fully saturated rings. The van der Waals surface area contributed by atoms with Gasteiger partial charge in [0.05, 0.1) is 12.8 Å². The lowest BCUT2D eigenvalue weighted by molar-refractivity contribution is 0.416. The van der Waals surface area contributed by atoms with Crippen molar-refractivity contribution >= 4 is 27.5 Å². The molecule has 0 spiro atoms. The number of methoxy groups -OCH3 is 1. The van der Waals surface area contributed by atoms with Crippen LogP contribution in [0.3, 0.4) is 0 Å². The van der Waals surface area contributed by atoms with Crippen LogP contribution in [0.2, 0.25) is 5.02 Å². The Bertz CT molecular complexity index is 602. The number of ether oxygens (including phenoxy) is 1. The lowest BCUT2D eigenvalue weighted by atomic mass is 10.1. The van der Waals surface area contributed by atoms with Gasteiger partial charge in [0.1, 0.15) is 16.2 Å². The zero-order valence-electron chi connectivity index (χ0n) is 10.9. The summed E-state index contributed by atoms with van der Waals surface area (Å²) >= 11 is 9.47. The molecule has 0 radical (unpaired) electrons. The molecule has 0 aliphatic carbocycles. The smallest absolute Gasteiger partial charge is 0.132 e. The van der Waals surface area contributed by atoms with Crippen LogP contribution < -0.4 is 4.74 Å². The van der Waals surface area contributed by atoms with Crippen LogP contribution in [0.4, 0.5) is 0 Å². The fraction of sp³-hybridized carbons (Fsp3) is 0.286. The van der Waals surface area contributed by atoms with E-state index in [1.54, 1.807) is 13.2 Å². The van der Waals surface area contributed by atoms with Gasteiger partial charge in [0.2, 0.25) is 0 Å². The van der Waals surface area contributed by atoms with Crippen LogP contribution in [0.1, 0.15) is 25.6 Å². The number of benzene rings is 1. The average molecular weight is 342 g/mol. The molecule has 5 heteroatoms. The van der Waals surface area contributed by atoms with Gasteiger partial charge in [-0.15, -0.1) is 0 Å². The summed E-state index contributed by atoms with van der Waals surface area (Å²) in [7, 11) is 1.63. The lowest BCUT2D eigenvalue weighted by Crippen LogP contribution is -2.00. The molecule has 0 saturated carbocycles. The number of aromatic nitrogens is 2. The molecule has 1 aromatic heterocycles. The molecule has 1 heterocycles. The molecular formula is C14H14BrClN2O. The van der Waals surface area contributed by atoms with Crippen LogP contribution in [0.15, 0.2) is 28.9 Å². The molecule has 0 bridgehead atoms. The van der Waals surface area contributed by atoms with Gasteiger partial charge in [-0.25, -0.2) is 9.97 Å². The highest BCUT2D eigenvalue weighted by atomic mass is 79.9. The highest BCUT2D eigenvalue weighted by molar-refractivity contribution is 9.10. The number of halogens is 2. The predicted octanol–water partition coefficient (Wildman–Crippen LogP) is 4.69. The monoisotopic (exact) mass is 340 g/mol. The van der Waals surface area contributed by atoms with E-state index in [1.807, 2.05) is 18.2 Å². The van der Waals surface area contributed by atoms with Gasteiger partial charge in [-0.2, -0.15) is 0 Å². The first-order chi connectivity index (χ1) is 9.01. The zero-order chi connectivity index (χ0) is 14.0. The maximum Gasteiger partial charge on any atom is 0.132 e. The summed E-state index contributed by atoms with van der Waals surface area (Å²) in [5, 5.41) is 0.650. The maximum atomic E-state index is 6.06. The Morgan fingerprint density at radius 3 is 2.58 bits per heavy atom. The van der Waals surface area contributed by atoms with E-state index in [1.165, 1.54) is 0 Å². The van der Waals surface area contributed by atoms with Gasteiger partial charge in [0, 0.05) is 16.5 Å². The summed E-state index contributed by atoms with van der Waals surface area (Å²) in [6.07, 6.45) is 0.